The third-order valence-electron chi connectivity index (χ3n) is 4.63. The Kier molecular flexibility index (Phi) is 6.74. The fourth-order valence-electron chi connectivity index (χ4n) is 2.93. The molecule has 0 radical (unpaired) electrons. The van der Waals surface area contributed by atoms with Crippen molar-refractivity contribution in [2.75, 3.05) is 26.1 Å². The van der Waals surface area contributed by atoms with Gasteiger partial charge in [-0.05, 0) is 44.2 Å². The van der Waals surface area contributed by atoms with Gasteiger partial charge in [-0.3, -0.25) is 4.79 Å². The van der Waals surface area contributed by atoms with Crippen LogP contribution in [0.15, 0.2) is 50.8 Å². The van der Waals surface area contributed by atoms with Crippen molar-refractivity contribution in [2.24, 2.45) is 5.10 Å². The predicted molar refractivity (Wildman–Crippen MR) is 124 cm³/mol. The van der Waals surface area contributed by atoms with E-state index in [9.17, 15) is 9.59 Å². The number of carbonyl (C=O) groups excluding carboxylic acids is 1. The van der Waals surface area contributed by atoms with E-state index >= 15 is 0 Å². The van der Waals surface area contributed by atoms with Gasteiger partial charge in [0.2, 0.25) is 0 Å². The molecule has 0 saturated carbocycles. The fraction of sp³-hybridized carbons (Fsp3) is 0.273. The highest BCUT2D eigenvalue weighted by atomic mass is 79.9. The number of carbonyl (C=O) groups is 1. The Hall–Kier alpha value is -3.20. The van der Waals surface area contributed by atoms with Gasteiger partial charge < -0.3 is 14.4 Å². The largest absolute Gasteiger partial charge is 0.478 e. The zero-order valence-corrected chi connectivity index (χ0v) is 19.5. The second-order valence-electron chi connectivity index (χ2n) is 7.08. The first-order chi connectivity index (χ1) is 14.7. The molecule has 0 aliphatic rings. The molecule has 1 heterocycles. The van der Waals surface area contributed by atoms with Crippen LogP contribution in [-0.2, 0) is 9.53 Å². The summed E-state index contributed by atoms with van der Waals surface area (Å²) in [6, 6.07) is 10.8. The number of esters is 1. The predicted octanol–water partition coefficient (Wildman–Crippen LogP) is 3.36. The number of hydrogen-bond acceptors (Lipinski definition) is 7. The SMILES string of the molecule is COC(=O)[C@H](C)Oc1cc(N(C)C)ccc1C=Nn1c(C)nc2ccc(Br)cc2c1=O. The van der Waals surface area contributed by atoms with Gasteiger partial charge in [0.05, 0.1) is 24.2 Å². The number of halogens is 1. The fourth-order valence-corrected chi connectivity index (χ4v) is 3.29. The van der Waals surface area contributed by atoms with Crippen LogP contribution in [0.5, 0.6) is 5.75 Å². The Balaban J connectivity index is 2.05. The lowest BCUT2D eigenvalue weighted by Gasteiger charge is -2.18. The van der Waals surface area contributed by atoms with Crippen LogP contribution in [0, 0.1) is 6.92 Å². The summed E-state index contributed by atoms with van der Waals surface area (Å²) < 4.78 is 12.6. The van der Waals surface area contributed by atoms with Crippen molar-refractivity contribution in [3.8, 4) is 5.75 Å². The van der Waals surface area contributed by atoms with Crippen molar-refractivity contribution in [3.05, 3.63) is 62.6 Å². The molecule has 162 valence electrons. The molecule has 0 N–H and O–H groups in total. The third-order valence-corrected chi connectivity index (χ3v) is 5.13. The van der Waals surface area contributed by atoms with E-state index in [4.69, 9.17) is 9.47 Å². The van der Waals surface area contributed by atoms with E-state index in [-0.39, 0.29) is 5.56 Å². The molecule has 1 aromatic heterocycles. The van der Waals surface area contributed by atoms with Crippen LogP contribution in [0.25, 0.3) is 10.9 Å². The van der Waals surface area contributed by atoms with Crippen LogP contribution in [0.4, 0.5) is 5.69 Å². The van der Waals surface area contributed by atoms with E-state index in [0.717, 1.165) is 10.2 Å². The molecule has 0 unspecified atom stereocenters. The standard InChI is InChI=1S/C22H23BrN4O4/c1-13(22(29)30-5)31-20-11-17(26(3)4)8-6-15(20)12-24-27-14(2)25-19-9-7-16(23)10-18(19)21(27)28/h6-13H,1-5H3/t13-/m0/s1. The lowest BCUT2D eigenvalue weighted by atomic mass is 10.2. The average molecular weight is 487 g/mol. The normalized spacial score (nSPS) is 12.2. The Morgan fingerprint density at radius 3 is 2.68 bits per heavy atom. The summed E-state index contributed by atoms with van der Waals surface area (Å²) in [6.07, 6.45) is 0.706. The average Bonchev–Trinajstić information content (AvgIpc) is 2.74. The zero-order chi connectivity index (χ0) is 22.7. The number of ether oxygens (including phenoxy) is 2. The molecule has 0 saturated heterocycles. The summed E-state index contributed by atoms with van der Waals surface area (Å²) >= 11 is 3.38. The monoisotopic (exact) mass is 486 g/mol. The van der Waals surface area contributed by atoms with Gasteiger partial charge in [-0.25, -0.2) is 9.78 Å². The molecule has 2 aromatic carbocycles. The van der Waals surface area contributed by atoms with Crippen molar-refractivity contribution >= 4 is 44.7 Å². The van der Waals surface area contributed by atoms with Gasteiger partial charge in [0, 0.05) is 35.9 Å². The molecule has 0 aliphatic carbocycles. The first-order valence-electron chi connectivity index (χ1n) is 9.50. The quantitative estimate of drug-likeness (QED) is 0.392. The van der Waals surface area contributed by atoms with Gasteiger partial charge in [0.15, 0.2) is 6.10 Å². The van der Waals surface area contributed by atoms with Crippen molar-refractivity contribution < 1.29 is 14.3 Å². The highest BCUT2D eigenvalue weighted by Gasteiger charge is 2.17. The van der Waals surface area contributed by atoms with E-state index in [2.05, 4.69) is 26.0 Å². The number of nitrogens with zero attached hydrogens (tertiary/aromatic N) is 4. The van der Waals surface area contributed by atoms with Crippen LogP contribution in [0.1, 0.15) is 18.3 Å². The molecule has 8 nitrogen and oxygen atoms in total. The van der Waals surface area contributed by atoms with E-state index in [1.807, 2.05) is 37.2 Å². The molecule has 3 aromatic rings. The molecule has 0 amide bonds. The van der Waals surface area contributed by atoms with Gasteiger partial charge in [0.25, 0.3) is 5.56 Å². The highest BCUT2D eigenvalue weighted by Crippen LogP contribution is 2.25. The summed E-state index contributed by atoms with van der Waals surface area (Å²) in [4.78, 5) is 31.1. The zero-order valence-electron chi connectivity index (χ0n) is 17.9. The second-order valence-corrected chi connectivity index (χ2v) is 8.00. The van der Waals surface area contributed by atoms with E-state index < -0.39 is 12.1 Å². The highest BCUT2D eigenvalue weighted by molar-refractivity contribution is 9.10. The summed E-state index contributed by atoms with van der Waals surface area (Å²) in [6.45, 7) is 3.32. The maximum absolute atomic E-state index is 12.9. The number of benzene rings is 2. The van der Waals surface area contributed by atoms with Gasteiger partial charge in [-0.2, -0.15) is 9.78 Å². The van der Waals surface area contributed by atoms with Gasteiger partial charge in [-0.1, -0.05) is 15.9 Å². The number of hydrogen-bond donors (Lipinski definition) is 0. The topological polar surface area (TPSA) is 86.0 Å². The summed E-state index contributed by atoms with van der Waals surface area (Å²) in [5.41, 5.74) is 1.80. The Bertz CT molecular complexity index is 1220. The molecule has 0 bridgehead atoms. The molecular formula is C22H23BrN4O4. The van der Waals surface area contributed by atoms with E-state index in [1.54, 1.807) is 32.0 Å². The number of aryl methyl sites for hydroxylation is 1. The number of aromatic nitrogens is 2. The molecule has 0 fully saturated rings. The molecular weight excluding hydrogens is 464 g/mol. The van der Waals surface area contributed by atoms with Crippen molar-refractivity contribution in [3.63, 3.8) is 0 Å². The lowest BCUT2D eigenvalue weighted by molar-refractivity contribution is -0.147. The van der Waals surface area contributed by atoms with E-state index in [1.165, 1.54) is 18.0 Å². The minimum atomic E-state index is -0.807. The number of anilines is 1. The third kappa shape index (κ3) is 4.93. The Morgan fingerprint density at radius 1 is 1.26 bits per heavy atom. The molecule has 1 atom stereocenters. The van der Waals surface area contributed by atoms with Crippen molar-refractivity contribution in [2.45, 2.75) is 20.0 Å². The summed E-state index contributed by atoms with van der Waals surface area (Å²) in [7, 11) is 5.11. The van der Waals surface area contributed by atoms with Crippen LogP contribution in [0.2, 0.25) is 0 Å². The molecule has 31 heavy (non-hydrogen) atoms. The smallest absolute Gasteiger partial charge is 0.346 e. The maximum atomic E-state index is 12.9. The van der Waals surface area contributed by atoms with Gasteiger partial charge >= 0.3 is 5.97 Å². The summed E-state index contributed by atoms with van der Waals surface area (Å²) in [5, 5.41) is 4.81. The number of methoxy groups -OCH3 is 1. The first kappa shape index (κ1) is 22.5. The van der Waals surface area contributed by atoms with Crippen LogP contribution >= 0.6 is 15.9 Å². The van der Waals surface area contributed by atoms with Crippen molar-refractivity contribution in [1.82, 2.24) is 9.66 Å². The van der Waals surface area contributed by atoms with Crippen LogP contribution < -0.4 is 15.2 Å². The molecule has 9 heteroatoms. The Morgan fingerprint density at radius 2 is 2.00 bits per heavy atom. The van der Waals surface area contributed by atoms with Gasteiger partial charge in [0.1, 0.15) is 11.6 Å². The molecule has 0 spiro atoms. The van der Waals surface area contributed by atoms with E-state index in [0.29, 0.717) is 28.0 Å². The molecule has 3 rings (SSSR count). The number of fused-ring (bicyclic) bond motifs is 1. The minimum Gasteiger partial charge on any atom is -0.478 e. The number of rotatable bonds is 6. The van der Waals surface area contributed by atoms with Crippen LogP contribution in [0.3, 0.4) is 0 Å². The lowest BCUT2D eigenvalue weighted by Crippen LogP contribution is -2.25. The maximum Gasteiger partial charge on any atom is 0.346 e. The first-order valence-corrected chi connectivity index (χ1v) is 10.3. The summed E-state index contributed by atoms with van der Waals surface area (Å²) in [5.74, 6) is 0.399. The second kappa shape index (κ2) is 9.30. The molecule has 0 aliphatic heterocycles. The van der Waals surface area contributed by atoms with Crippen LogP contribution in [-0.4, -0.2) is 49.2 Å². The van der Waals surface area contributed by atoms with Crippen molar-refractivity contribution in [1.29, 1.82) is 0 Å². The van der Waals surface area contributed by atoms with Gasteiger partial charge in [-0.15, -0.1) is 0 Å². The Labute approximate surface area is 188 Å². The minimum absolute atomic E-state index is 0.282.